The third kappa shape index (κ3) is 4.19. The lowest BCUT2D eigenvalue weighted by molar-refractivity contribution is -0.184. The van der Waals surface area contributed by atoms with Crippen molar-refractivity contribution in [3.63, 3.8) is 0 Å². The van der Waals surface area contributed by atoms with Gasteiger partial charge in [-0.15, -0.1) is 11.3 Å². The Labute approximate surface area is 128 Å². The molecule has 0 spiro atoms. The molecule has 2 rings (SSSR count). The number of hydrogen-bond acceptors (Lipinski definition) is 3. The quantitative estimate of drug-likeness (QED) is 0.896. The lowest BCUT2D eigenvalue weighted by Crippen LogP contribution is -2.39. The second-order valence-electron chi connectivity index (χ2n) is 6.00. The van der Waals surface area contributed by atoms with Crippen LogP contribution >= 0.6 is 11.3 Å². The number of rotatable bonds is 4. The Kier molecular flexibility index (Phi) is 5.30. The molecule has 1 atom stereocenters. The van der Waals surface area contributed by atoms with Crippen molar-refractivity contribution in [1.29, 1.82) is 0 Å². The van der Waals surface area contributed by atoms with E-state index < -0.39 is 12.1 Å². The number of likely N-dealkylation sites (N-methyl/N-ethyl adjacent to an activating group) is 1. The molecule has 1 aliphatic rings. The molecule has 1 heterocycles. The molecule has 0 radical (unpaired) electrons. The fourth-order valence-electron chi connectivity index (χ4n) is 3.17. The van der Waals surface area contributed by atoms with Gasteiger partial charge in [0, 0.05) is 17.3 Å². The average molecular weight is 320 g/mol. The van der Waals surface area contributed by atoms with Gasteiger partial charge in [0.15, 0.2) is 0 Å². The summed E-state index contributed by atoms with van der Waals surface area (Å²) in [5, 5.41) is 4.37. The predicted molar refractivity (Wildman–Crippen MR) is 79.6 cm³/mol. The molecule has 2 nitrogen and oxygen atoms in total. The van der Waals surface area contributed by atoms with Crippen molar-refractivity contribution in [1.82, 2.24) is 10.3 Å². The first kappa shape index (κ1) is 16.7. The number of aromatic nitrogens is 1. The van der Waals surface area contributed by atoms with Crippen molar-refractivity contribution in [3.05, 3.63) is 15.6 Å². The first-order valence-electron chi connectivity index (χ1n) is 7.48. The minimum atomic E-state index is -4.02. The van der Waals surface area contributed by atoms with Crippen LogP contribution < -0.4 is 5.32 Å². The maximum Gasteiger partial charge on any atom is 0.391 e. The van der Waals surface area contributed by atoms with Crippen LogP contribution in [0.5, 0.6) is 0 Å². The van der Waals surface area contributed by atoms with Crippen LogP contribution in [0.4, 0.5) is 13.2 Å². The van der Waals surface area contributed by atoms with E-state index in [2.05, 4.69) is 17.2 Å². The normalized spacial score (nSPS) is 25.0. The summed E-state index contributed by atoms with van der Waals surface area (Å²) < 4.78 is 38.2. The van der Waals surface area contributed by atoms with Crippen LogP contribution in [0.25, 0.3) is 0 Å². The number of aryl methyl sites for hydroxylation is 2. The Morgan fingerprint density at radius 1 is 1.24 bits per heavy atom. The van der Waals surface area contributed by atoms with E-state index in [0.29, 0.717) is 18.8 Å². The summed E-state index contributed by atoms with van der Waals surface area (Å²) in [7, 11) is 1.90. The highest BCUT2D eigenvalue weighted by Crippen LogP contribution is 2.40. The molecule has 120 valence electrons. The van der Waals surface area contributed by atoms with Crippen LogP contribution in [0.1, 0.15) is 41.3 Å². The minimum Gasteiger partial charge on any atom is -0.316 e. The van der Waals surface area contributed by atoms with Gasteiger partial charge in [-0.1, -0.05) is 0 Å². The number of nitrogens with one attached hydrogen (secondary N) is 1. The molecule has 1 aromatic heterocycles. The summed E-state index contributed by atoms with van der Waals surface area (Å²) in [6, 6.07) is 0.226. The van der Waals surface area contributed by atoms with Crippen LogP contribution in [0.3, 0.4) is 0 Å². The topological polar surface area (TPSA) is 24.9 Å². The van der Waals surface area contributed by atoms with Crippen LogP contribution in [0.2, 0.25) is 0 Å². The van der Waals surface area contributed by atoms with E-state index >= 15 is 0 Å². The molecule has 0 aliphatic heterocycles. The zero-order chi connectivity index (χ0) is 15.6. The molecule has 1 N–H and O–H groups in total. The maximum absolute atomic E-state index is 12.7. The second kappa shape index (κ2) is 6.65. The molecule has 1 saturated carbocycles. The van der Waals surface area contributed by atoms with E-state index in [1.54, 1.807) is 11.3 Å². The molecular formula is C15H23F3N2S. The Morgan fingerprint density at radius 3 is 2.29 bits per heavy atom. The van der Waals surface area contributed by atoms with Gasteiger partial charge in [0.2, 0.25) is 0 Å². The fourth-order valence-corrected chi connectivity index (χ4v) is 4.16. The molecule has 1 unspecified atom stereocenters. The largest absolute Gasteiger partial charge is 0.391 e. The summed E-state index contributed by atoms with van der Waals surface area (Å²) in [6.45, 7) is 4.05. The van der Waals surface area contributed by atoms with Crippen LogP contribution in [-0.2, 0) is 6.42 Å². The Balaban J connectivity index is 1.93. The van der Waals surface area contributed by atoms with Gasteiger partial charge >= 0.3 is 6.18 Å². The summed E-state index contributed by atoms with van der Waals surface area (Å²) >= 11 is 1.70. The van der Waals surface area contributed by atoms with Crippen molar-refractivity contribution < 1.29 is 13.2 Å². The molecule has 0 bridgehead atoms. The lowest BCUT2D eigenvalue weighted by Gasteiger charge is -2.34. The second-order valence-corrected chi connectivity index (χ2v) is 7.29. The molecule has 21 heavy (non-hydrogen) atoms. The van der Waals surface area contributed by atoms with E-state index in [-0.39, 0.29) is 18.9 Å². The van der Waals surface area contributed by atoms with Crippen LogP contribution in [0, 0.1) is 25.7 Å². The molecular weight excluding hydrogens is 297 g/mol. The van der Waals surface area contributed by atoms with Crippen molar-refractivity contribution >= 4 is 11.3 Å². The summed E-state index contributed by atoms with van der Waals surface area (Å²) in [6.07, 6.45) is -1.37. The number of alkyl halides is 3. The highest BCUT2D eigenvalue weighted by atomic mass is 32.1. The molecule has 1 aliphatic carbocycles. The molecule has 1 fully saturated rings. The summed E-state index contributed by atoms with van der Waals surface area (Å²) in [4.78, 5) is 5.77. The van der Waals surface area contributed by atoms with Crippen molar-refractivity contribution in [3.8, 4) is 0 Å². The molecule has 0 saturated heterocycles. The molecule has 0 aromatic carbocycles. The average Bonchev–Trinajstić information content (AvgIpc) is 2.74. The SMILES string of the molecule is CNC(Cc1nc(C)c(C)s1)C1CCC(C(F)(F)F)CC1. The lowest BCUT2D eigenvalue weighted by atomic mass is 9.77. The first-order valence-corrected chi connectivity index (χ1v) is 8.29. The monoisotopic (exact) mass is 320 g/mol. The van der Waals surface area contributed by atoms with Gasteiger partial charge in [-0.25, -0.2) is 4.98 Å². The van der Waals surface area contributed by atoms with Gasteiger partial charge in [0.25, 0.3) is 0 Å². The number of halogens is 3. The first-order chi connectivity index (χ1) is 9.81. The van der Waals surface area contributed by atoms with Crippen molar-refractivity contribution in [2.75, 3.05) is 7.05 Å². The minimum absolute atomic E-state index is 0.226. The fraction of sp³-hybridized carbons (Fsp3) is 0.800. The van der Waals surface area contributed by atoms with Gasteiger partial charge in [0.1, 0.15) is 0 Å². The zero-order valence-electron chi connectivity index (χ0n) is 12.8. The number of thiazole rings is 1. The smallest absolute Gasteiger partial charge is 0.316 e. The van der Waals surface area contributed by atoms with Gasteiger partial charge in [-0.3, -0.25) is 0 Å². The van der Waals surface area contributed by atoms with Crippen molar-refractivity contribution in [2.45, 2.75) is 58.2 Å². The van der Waals surface area contributed by atoms with Gasteiger partial charge in [-0.2, -0.15) is 13.2 Å². The van der Waals surface area contributed by atoms with E-state index in [1.165, 1.54) is 4.88 Å². The van der Waals surface area contributed by atoms with Crippen molar-refractivity contribution in [2.24, 2.45) is 11.8 Å². The van der Waals surface area contributed by atoms with Gasteiger partial charge in [0.05, 0.1) is 16.6 Å². The van der Waals surface area contributed by atoms with E-state index in [4.69, 9.17) is 0 Å². The maximum atomic E-state index is 12.7. The molecule has 1 aromatic rings. The third-order valence-corrected chi connectivity index (χ3v) is 5.74. The van der Waals surface area contributed by atoms with E-state index in [1.807, 2.05) is 14.0 Å². The highest BCUT2D eigenvalue weighted by molar-refractivity contribution is 7.11. The summed E-state index contributed by atoms with van der Waals surface area (Å²) in [5.41, 5.74) is 1.06. The Morgan fingerprint density at radius 2 is 1.86 bits per heavy atom. The Bertz CT molecular complexity index is 442. The third-order valence-electron chi connectivity index (χ3n) is 4.64. The predicted octanol–water partition coefficient (Wildman–Crippen LogP) is 4.26. The molecule has 6 heteroatoms. The number of nitrogens with zero attached hydrogens (tertiary/aromatic N) is 1. The summed E-state index contributed by atoms with van der Waals surface area (Å²) in [5.74, 6) is -0.784. The van der Waals surface area contributed by atoms with Gasteiger partial charge < -0.3 is 5.32 Å². The Hall–Kier alpha value is -0.620. The number of hydrogen-bond donors (Lipinski definition) is 1. The van der Waals surface area contributed by atoms with Crippen LogP contribution in [0.15, 0.2) is 0 Å². The van der Waals surface area contributed by atoms with E-state index in [9.17, 15) is 13.2 Å². The van der Waals surface area contributed by atoms with E-state index in [0.717, 1.165) is 17.1 Å². The van der Waals surface area contributed by atoms with Crippen LogP contribution in [-0.4, -0.2) is 24.2 Å². The molecule has 0 amide bonds. The van der Waals surface area contributed by atoms with Gasteiger partial charge in [-0.05, 0) is 52.5 Å². The highest BCUT2D eigenvalue weighted by Gasteiger charge is 2.42. The standard InChI is InChI=1S/C15H23F3N2S/c1-9-10(2)21-14(20-9)8-13(19-3)11-4-6-12(7-5-11)15(16,17)18/h11-13,19H,4-8H2,1-3H3. The zero-order valence-corrected chi connectivity index (χ0v) is 13.6.